The highest BCUT2D eigenvalue weighted by Crippen LogP contribution is 2.23. The second-order valence-electron chi connectivity index (χ2n) is 4.48. The zero-order valence-electron chi connectivity index (χ0n) is 11.1. The van der Waals surface area contributed by atoms with Gasteiger partial charge in [-0.1, -0.05) is 28.1 Å². The second kappa shape index (κ2) is 6.00. The molecule has 0 saturated heterocycles. The van der Waals surface area contributed by atoms with Crippen molar-refractivity contribution in [1.29, 1.82) is 0 Å². The van der Waals surface area contributed by atoms with E-state index in [1.54, 1.807) is 13.0 Å². The predicted molar refractivity (Wildman–Crippen MR) is 81.8 cm³/mol. The first kappa shape index (κ1) is 14.5. The van der Waals surface area contributed by atoms with Crippen molar-refractivity contribution < 1.29 is 4.92 Å². The van der Waals surface area contributed by atoms with Gasteiger partial charge in [0.05, 0.1) is 4.92 Å². The molecule has 1 unspecified atom stereocenters. The molecule has 6 heteroatoms. The molecule has 5 nitrogen and oxygen atoms in total. The zero-order chi connectivity index (χ0) is 14.7. The fourth-order valence-corrected chi connectivity index (χ4v) is 2.33. The number of nitrogens with zero attached hydrogens (tertiary/aromatic N) is 2. The van der Waals surface area contributed by atoms with E-state index in [0.717, 1.165) is 10.0 Å². The largest absolute Gasteiger partial charge is 0.364 e. The number of hydrogen-bond acceptors (Lipinski definition) is 4. The number of benzene rings is 1. The summed E-state index contributed by atoms with van der Waals surface area (Å²) in [4.78, 5) is 14.5. The number of halogens is 1. The molecule has 2 aromatic rings. The van der Waals surface area contributed by atoms with Crippen molar-refractivity contribution in [1.82, 2.24) is 4.98 Å². The Hall–Kier alpha value is -1.95. The number of aromatic nitrogens is 1. The fraction of sp³-hybridized carbons (Fsp3) is 0.214. The lowest BCUT2D eigenvalue weighted by Crippen LogP contribution is -2.08. The summed E-state index contributed by atoms with van der Waals surface area (Å²) >= 11 is 3.43. The van der Waals surface area contributed by atoms with Crippen LogP contribution in [0.5, 0.6) is 0 Å². The maximum absolute atomic E-state index is 10.8. The van der Waals surface area contributed by atoms with Crippen molar-refractivity contribution in [2.24, 2.45) is 0 Å². The Morgan fingerprint density at radius 2 is 2.10 bits per heavy atom. The van der Waals surface area contributed by atoms with Crippen LogP contribution >= 0.6 is 15.9 Å². The molecule has 0 amide bonds. The van der Waals surface area contributed by atoms with Gasteiger partial charge in [0.1, 0.15) is 11.5 Å². The average molecular weight is 336 g/mol. The first-order valence-corrected chi connectivity index (χ1v) is 6.90. The van der Waals surface area contributed by atoms with E-state index in [1.807, 2.05) is 31.2 Å². The highest BCUT2D eigenvalue weighted by molar-refractivity contribution is 9.10. The molecule has 0 radical (unpaired) electrons. The second-order valence-corrected chi connectivity index (χ2v) is 5.39. The summed E-state index contributed by atoms with van der Waals surface area (Å²) in [6.45, 7) is 3.65. The van der Waals surface area contributed by atoms with Crippen LogP contribution in [0.3, 0.4) is 0 Å². The van der Waals surface area contributed by atoms with Crippen LogP contribution in [-0.4, -0.2) is 9.91 Å². The summed E-state index contributed by atoms with van der Waals surface area (Å²) in [7, 11) is 0. The SMILES string of the molecule is Cc1nc(NC(C)c2cccc(Br)c2)ccc1[N+](=O)[O-]. The van der Waals surface area contributed by atoms with Gasteiger partial charge in [-0.25, -0.2) is 4.98 Å². The van der Waals surface area contributed by atoms with E-state index in [1.165, 1.54) is 6.07 Å². The van der Waals surface area contributed by atoms with Crippen molar-refractivity contribution in [3.8, 4) is 0 Å². The molecule has 0 fully saturated rings. The van der Waals surface area contributed by atoms with Crippen molar-refractivity contribution in [3.05, 3.63) is 62.2 Å². The fourth-order valence-electron chi connectivity index (χ4n) is 1.91. The standard InChI is InChI=1S/C14H14BrN3O2/c1-9(11-4-3-5-12(15)8-11)16-14-7-6-13(18(19)20)10(2)17-14/h3-9H,1-2H3,(H,16,17). The average Bonchev–Trinajstić information content (AvgIpc) is 2.38. The number of rotatable bonds is 4. The van der Waals surface area contributed by atoms with Crippen LogP contribution in [0.15, 0.2) is 40.9 Å². The van der Waals surface area contributed by atoms with Gasteiger partial charge < -0.3 is 5.32 Å². The summed E-state index contributed by atoms with van der Waals surface area (Å²) in [5.74, 6) is 0.626. The van der Waals surface area contributed by atoms with E-state index >= 15 is 0 Å². The normalized spacial score (nSPS) is 11.9. The molecular weight excluding hydrogens is 322 g/mol. The summed E-state index contributed by atoms with van der Waals surface area (Å²) in [5, 5.41) is 14.0. The lowest BCUT2D eigenvalue weighted by Gasteiger charge is -2.15. The van der Waals surface area contributed by atoms with Crippen LogP contribution in [0, 0.1) is 17.0 Å². The first-order chi connectivity index (χ1) is 9.47. The van der Waals surface area contributed by atoms with Crippen molar-refractivity contribution in [3.63, 3.8) is 0 Å². The number of hydrogen-bond donors (Lipinski definition) is 1. The molecule has 0 bridgehead atoms. The topological polar surface area (TPSA) is 68.1 Å². The third-order valence-electron chi connectivity index (χ3n) is 2.97. The van der Waals surface area contributed by atoms with Gasteiger partial charge in [0.2, 0.25) is 0 Å². The van der Waals surface area contributed by atoms with Crippen LogP contribution in [0.1, 0.15) is 24.2 Å². The third-order valence-corrected chi connectivity index (χ3v) is 3.46. The number of pyridine rings is 1. The minimum absolute atomic E-state index is 0.0330. The van der Waals surface area contributed by atoms with Gasteiger partial charge in [-0.2, -0.15) is 0 Å². The van der Waals surface area contributed by atoms with Crippen molar-refractivity contribution in [2.75, 3.05) is 5.32 Å². The molecule has 0 aliphatic rings. The smallest absolute Gasteiger partial charge is 0.290 e. The molecule has 0 aliphatic heterocycles. The minimum atomic E-state index is -0.427. The van der Waals surface area contributed by atoms with Gasteiger partial charge in [0, 0.05) is 16.6 Å². The first-order valence-electron chi connectivity index (χ1n) is 6.11. The third kappa shape index (κ3) is 3.33. The summed E-state index contributed by atoms with van der Waals surface area (Å²) in [5.41, 5.74) is 1.55. The highest BCUT2D eigenvalue weighted by Gasteiger charge is 2.13. The molecule has 1 N–H and O–H groups in total. The van der Waals surface area contributed by atoms with E-state index < -0.39 is 4.92 Å². The van der Waals surface area contributed by atoms with E-state index in [-0.39, 0.29) is 11.7 Å². The Morgan fingerprint density at radius 1 is 1.35 bits per heavy atom. The van der Waals surface area contributed by atoms with Gasteiger partial charge >= 0.3 is 0 Å². The maximum atomic E-state index is 10.8. The van der Waals surface area contributed by atoms with Gasteiger partial charge in [0.25, 0.3) is 5.69 Å². The van der Waals surface area contributed by atoms with E-state index in [0.29, 0.717) is 11.5 Å². The lowest BCUT2D eigenvalue weighted by atomic mass is 10.1. The van der Waals surface area contributed by atoms with Gasteiger partial charge in [-0.05, 0) is 37.6 Å². The maximum Gasteiger partial charge on any atom is 0.290 e. The molecule has 104 valence electrons. The molecule has 1 atom stereocenters. The van der Waals surface area contributed by atoms with Gasteiger partial charge in [-0.3, -0.25) is 10.1 Å². The molecule has 0 aliphatic carbocycles. The number of aryl methyl sites for hydroxylation is 1. The molecule has 20 heavy (non-hydrogen) atoms. The molecule has 1 aromatic carbocycles. The van der Waals surface area contributed by atoms with E-state index in [9.17, 15) is 10.1 Å². The Balaban J connectivity index is 2.18. The van der Waals surface area contributed by atoms with Gasteiger partial charge in [-0.15, -0.1) is 0 Å². The Kier molecular flexibility index (Phi) is 4.34. The monoisotopic (exact) mass is 335 g/mol. The molecule has 1 aromatic heterocycles. The van der Waals surface area contributed by atoms with Crippen LogP contribution in [0.2, 0.25) is 0 Å². The summed E-state index contributed by atoms with van der Waals surface area (Å²) in [6, 6.07) is 11.1. The molecule has 0 saturated carbocycles. The van der Waals surface area contributed by atoms with Crippen LogP contribution in [0.25, 0.3) is 0 Å². The minimum Gasteiger partial charge on any atom is -0.364 e. The Morgan fingerprint density at radius 3 is 2.70 bits per heavy atom. The van der Waals surface area contributed by atoms with Crippen molar-refractivity contribution >= 4 is 27.4 Å². The zero-order valence-corrected chi connectivity index (χ0v) is 12.7. The van der Waals surface area contributed by atoms with Crippen LogP contribution < -0.4 is 5.32 Å². The molecular formula is C14H14BrN3O2. The van der Waals surface area contributed by atoms with Gasteiger partial charge in [0.15, 0.2) is 0 Å². The molecule has 2 rings (SSSR count). The Bertz CT molecular complexity index is 646. The predicted octanol–water partition coefficient (Wildman–Crippen LogP) is 4.23. The highest BCUT2D eigenvalue weighted by atomic mass is 79.9. The van der Waals surface area contributed by atoms with Crippen LogP contribution in [-0.2, 0) is 0 Å². The number of anilines is 1. The summed E-state index contributed by atoms with van der Waals surface area (Å²) in [6.07, 6.45) is 0. The van der Waals surface area contributed by atoms with Crippen molar-refractivity contribution in [2.45, 2.75) is 19.9 Å². The summed E-state index contributed by atoms with van der Waals surface area (Å²) < 4.78 is 1.01. The molecule has 1 heterocycles. The molecule has 0 spiro atoms. The lowest BCUT2D eigenvalue weighted by molar-refractivity contribution is -0.385. The Labute approximate surface area is 125 Å². The van der Waals surface area contributed by atoms with Crippen LogP contribution in [0.4, 0.5) is 11.5 Å². The van der Waals surface area contributed by atoms with E-state index in [2.05, 4.69) is 26.2 Å². The number of nitrogens with one attached hydrogen (secondary N) is 1. The quantitative estimate of drug-likeness (QED) is 0.670. The number of nitro groups is 1. The van der Waals surface area contributed by atoms with E-state index in [4.69, 9.17) is 0 Å².